The van der Waals surface area contributed by atoms with Gasteiger partial charge in [-0.05, 0) is 18.6 Å². The van der Waals surface area contributed by atoms with Crippen LogP contribution in [0, 0.1) is 6.92 Å². The van der Waals surface area contributed by atoms with Gasteiger partial charge in [0.15, 0.2) is 6.61 Å². The molecule has 0 fully saturated rings. The molecular formula is C14H13F3N4O2. The lowest BCUT2D eigenvalue weighted by Crippen LogP contribution is -2.24. The molecule has 0 aliphatic rings. The predicted octanol–water partition coefficient (Wildman–Crippen LogP) is 2.05. The van der Waals surface area contributed by atoms with Crippen LogP contribution >= 0.6 is 0 Å². The molecule has 0 bridgehead atoms. The largest absolute Gasteiger partial charge is 0.468 e. The van der Waals surface area contributed by atoms with Crippen molar-refractivity contribution in [3.05, 3.63) is 47.7 Å². The summed E-state index contributed by atoms with van der Waals surface area (Å²) in [7, 11) is 0. The lowest BCUT2D eigenvalue weighted by molar-refractivity contribution is -0.154. The van der Waals surface area contributed by atoms with Gasteiger partial charge in [-0.2, -0.15) is 13.2 Å². The van der Waals surface area contributed by atoms with Gasteiger partial charge in [0.05, 0.1) is 11.9 Å². The lowest BCUT2D eigenvalue weighted by Gasteiger charge is -2.09. The molecule has 23 heavy (non-hydrogen) atoms. The summed E-state index contributed by atoms with van der Waals surface area (Å²) in [6.45, 7) is 0.419. The minimum Gasteiger partial charge on any atom is -0.468 e. The first kappa shape index (κ1) is 16.7. The highest BCUT2D eigenvalue weighted by Crippen LogP contribution is 2.17. The van der Waals surface area contributed by atoms with Crippen molar-refractivity contribution in [2.24, 2.45) is 0 Å². The molecule has 0 radical (unpaired) electrons. The number of hydrogen-bond acceptors (Lipinski definition) is 5. The quantitative estimate of drug-likeness (QED) is 0.910. The normalized spacial score (nSPS) is 11.1. The number of ether oxygens (including phenoxy) is 1. The van der Waals surface area contributed by atoms with Gasteiger partial charge in [0.25, 0.3) is 5.91 Å². The number of carbonyl (C=O) groups excluding carboxylic acids is 1. The van der Waals surface area contributed by atoms with Crippen LogP contribution in [0.15, 0.2) is 30.7 Å². The molecule has 1 N–H and O–H groups in total. The summed E-state index contributed by atoms with van der Waals surface area (Å²) in [4.78, 5) is 23.4. The summed E-state index contributed by atoms with van der Waals surface area (Å²) in [6.07, 6.45) is -0.325. The maximum atomic E-state index is 12.1. The lowest BCUT2D eigenvalue weighted by atomic mass is 10.2. The Hall–Kier alpha value is -2.71. The zero-order valence-corrected chi connectivity index (χ0v) is 12.1. The molecule has 0 saturated carbocycles. The maximum Gasteiger partial charge on any atom is 0.422 e. The van der Waals surface area contributed by atoms with Gasteiger partial charge in [-0.25, -0.2) is 9.97 Å². The average molecular weight is 326 g/mol. The first-order valence-electron chi connectivity index (χ1n) is 6.55. The molecule has 9 heteroatoms. The second-order valence-corrected chi connectivity index (χ2v) is 4.63. The van der Waals surface area contributed by atoms with E-state index in [0.717, 1.165) is 0 Å². The SMILES string of the molecule is Cc1cnc(C(=O)NCc2ccnc(OCC(F)(F)F)c2)cn1. The van der Waals surface area contributed by atoms with Crippen LogP contribution in [-0.2, 0) is 6.54 Å². The van der Waals surface area contributed by atoms with Crippen molar-refractivity contribution >= 4 is 5.91 Å². The van der Waals surface area contributed by atoms with Crippen molar-refractivity contribution in [3.8, 4) is 5.88 Å². The van der Waals surface area contributed by atoms with Crippen LogP contribution in [0.2, 0.25) is 0 Å². The van der Waals surface area contributed by atoms with Gasteiger partial charge in [0.2, 0.25) is 5.88 Å². The second kappa shape index (κ2) is 7.03. The number of carbonyl (C=O) groups is 1. The molecule has 0 spiro atoms. The van der Waals surface area contributed by atoms with E-state index in [1.54, 1.807) is 13.0 Å². The van der Waals surface area contributed by atoms with Crippen molar-refractivity contribution in [2.45, 2.75) is 19.6 Å². The highest BCUT2D eigenvalue weighted by molar-refractivity contribution is 5.91. The monoisotopic (exact) mass is 326 g/mol. The number of halogens is 3. The van der Waals surface area contributed by atoms with Crippen molar-refractivity contribution in [1.82, 2.24) is 20.3 Å². The Morgan fingerprint density at radius 3 is 2.70 bits per heavy atom. The zero-order valence-electron chi connectivity index (χ0n) is 12.1. The molecule has 0 aromatic carbocycles. The maximum absolute atomic E-state index is 12.1. The Kier molecular flexibility index (Phi) is 5.09. The van der Waals surface area contributed by atoms with Crippen molar-refractivity contribution in [2.75, 3.05) is 6.61 Å². The van der Waals surface area contributed by atoms with Gasteiger partial charge >= 0.3 is 6.18 Å². The number of aryl methyl sites for hydroxylation is 1. The molecule has 1 amide bonds. The molecule has 0 saturated heterocycles. The van der Waals surface area contributed by atoms with E-state index in [1.807, 2.05) is 0 Å². The van der Waals surface area contributed by atoms with Crippen molar-refractivity contribution in [3.63, 3.8) is 0 Å². The standard InChI is InChI=1S/C14H13F3N4O2/c1-9-5-20-11(7-19-9)13(22)21-6-10-2-3-18-12(4-10)23-8-14(15,16)17/h2-5,7H,6,8H2,1H3,(H,21,22). The third-order valence-electron chi connectivity index (χ3n) is 2.65. The summed E-state index contributed by atoms with van der Waals surface area (Å²) in [5.41, 5.74) is 1.38. The summed E-state index contributed by atoms with van der Waals surface area (Å²) in [5.74, 6) is -0.601. The number of rotatable bonds is 5. The molecular weight excluding hydrogens is 313 g/mol. The van der Waals surface area contributed by atoms with Crippen molar-refractivity contribution < 1.29 is 22.7 Å². The van der Waals surface area contributed by atoms with Crippen LogP contribution in [0.4, 0.5) is 13.2 Å². The average Bonchev–Trinajstić information content (AvgIpc) is 2.51. The molecule has 2 aromatic heterocycles. The van der Waals surface area contributed by atoms with E-state index in [1.165, 1.54) is 24.7 Å². The highest BCUT2D eigenvalue weighted by Gasteiger charge is 2.28. The van der Waals surface area contributed by atoms with Crippen LogP contribution in [-0.4, -0.2) is 33.6 Å². The smallest absolute Gasteiger partial charge is 0.422 e. The second-order valence-electron chi connectivity index (χ2n) is 4.63. The van der Waals surface area contributed by atoms with Crippen LogP contribution in [0.5, 0.6) is 5.88 Å². The number of amides is 1. The summed E-state index contributed by atoms with van der Waals surface area (Å²) in [5, 5.41) is 2.59. The number of alkyl halides is 3. The fourth-order valence-corrected chi connectivity index (χ4v) is 1.58. The van der Waals surface area contributed by atoms with E-state index < -0.39 is 18.7 Å². The predicted molar refractivity (Wildman–Crippen MR) is 73.7 cm³/mol. The molecule has 0 atom stereocenters. The molecule has 0 unspecified atom stereocenters. The fourth-order valence-electron chi connectivity index (χ4n) is 1.58. The Morgan fingerprint density at radius 1 is 1.26 bits per heavy atom. The molecule has 0 aliphatic heterocycles. The van der Waals surface area contributed by atoms with Crippen LogP contribution in [0.25, 0.3) is 0 Å². The van der Waals surface area contributed by atoms with Crippen LogP contribution in [0.3, 0.4) is 0 Å². The molecule has 6 nitrogen and oxygen atoms in total. The summed E-state index contributed by atoms with van der Waals surface area (Å²) < 4.78 is 40.8. The van der Waals surface area contributed by atoms with E-state index in [0.29, 0.717) is 11.3 Å². The number of pyridine rings is 1. The fraction of sp³-hybridized carbons (Fsp3) is 0.286. The van der Waals surface area contributed by atoms with Gasteiger partial charge in [-0.1, -0.05) is 0 Å². The Morgan fingerprint density at radius 2 is 2.04 bits per heavy atom. The minimum absolute atomic E-state index is 0.0965. The van der Waals surface area contributed by atoms with E-state index in [9.17, 15) is 18.0 Å². The van der Waals surface area contributed by atoms with E-state index in [2.05, 4.69) is 25.0 Å². The van der Waals surface area contributed by atoms with Crippen LogP contribution < -0.4 is 10.1 Å². The topological polar surface area (TPSA) is 77.0 Å². The Labute approximate surface area is 129 Å². The highest BCUT2D eigenvalue weighted by atomic mass is 19.4. The van der Waals surface area contributed by atoms with Gasteiger partial charge in [-0.3, -0.25) is 9.78 Å². The van der Waals surface area contributed by atoms with Gasteiger partial charge < -0.3 is 10.1 Å². The van der Waals surface area contributed by atoms with E-state index >= 15 is 0 Å². The number of nitrogens with zero attached hydrogens (tertiary/aromatic N) is 3. The van der Waals surface area contributed by atoms with E-state index in [4.69, 9.17) is 0 Å². The van der Waals surface area contributed by atoms with Gasteiger partial charge in [-0.15, -0.1) is 0 Å². The Bertz CT molecular complexity index is 674. The van der Waals surface area contributed by atoms with Gasteiger partial charge in [0, 0.05) is 25.0 Å². The Balaban J connectivity index is 1.92. The number of nitrogens with one attached hydrogen (secondary N) is 1. The zero-order chi connectivity index (χ0) is 16.9. The molecule has 2 heterocycles. The third kappa shape index (κ3) is 5.53. The summed E-state index contributed by atoms with van der Waals surface area (Å²) >= 11 is 0. The first-order chi connectivity index (χ1) is 10.8. The third-order valence-corrected chi connectivity index (χ3v) is 2.65. The molecule has 2 rings (SSSR count). The molecule has 2 aromatic rings. The molecule has 0 aliphatic carbocycles. The minimum atomic E-state index is -4.43. The number of hydrogen-bond donors (Lipinski definition) is 1. The number of aromatic nitrogens is 3. The van der Waals surface area contributed by atoms with Crippen LogP contribution in [0.1, 0.15) is 21.7 Å². The van der Waals surface area contributed by atoms with Crippen molar-refractivity contribution in [1.29, 1.82) is 0 Å². The molecule has 122 valence electrons. The van der Waals surface area contributed by atoms with E-state index in [-0.39, 0.29) is 18.1 Å². The van der Waals surface area contributed by atoms with Gasteiger partial charge in [0.1, 0.15) is 5.69 Å². The first-order valence-corrected chi connectivity index (χ1v) is 6.55. The summed E-state index contributed by atoms with van der Waals surface area (Å²) in [6, 6.07) is 2.88.